The largest absolute Gasteiger partial charge is 0.322 e. The first-order valence-electron chi connectivity index (χ1n) is 11.4. The first kappa shape index (κ1) is 24.8. The number of aromatic nitrogens is 1. The average molecular weight is 494 g/mol. The van der Waals surface area contributed by atoms with Gasteiger partial charge in [-0.1, -0.05) is 29.8 Å². The van der Waals surface area contributed by atoms with Gasteiger partial charge in [0.25, 0.3) is 11.8 Å². The molecule has 1 aliphatic heterocycles. The summed E-state index contributed by atoms with van der Waals surface area (Å²) in [6.45, 7) is 6.52. The van der Waals surface area contributed by atoms with Crippen LogP contribution in [0.5, 0.6) is 0 Å². The van der Waals surface area contributed by atoms with Crippen molar-refractivity contribution in [2.45, 2.75) is 13.5 Å². The molecular formula is C26H28ClN5O3. The van der Waals surface area contributed by atoms with Gasteiger partial charge >= 0.3 is 0 Å². The van der Waals surface area contributed by atoms with Crippen LogP contribution < -0.4 is 10.4 Å². The molecule has 2 amide bonds. The van der Waals surface area contributed by atoms with Crippen LogP contribution in [0.25, 0.3) is 0 Å². The molecule has 0 radical (unpaired) electrons. The van der Waals surface area contributed by atoms with E-state index in [9.17, 15) is 14.8 Å². The Labute approximate surface area is 209 Å². The summed E-state index contributed by atoms with van der Waals surface area (Å²) >= 11 is 5.87. The number of halogens is 1. The fourth-order valence-corrected chi connectivity index (χ4v) is 4.13. The van der Waals surface area contributed by atoms with Crippen molar-refractivity contribution in [1.82, 2.24) is 14.8 Å². The lowest BCUT2D eigenvalue weighted by molar-refractivity contribution is 0.0854. The lowest BCUT2D eigenvalue weighted by Crippen LogP contribution is -2.43. The fourth-order valence-electron chi connectivity index (χ4n) is 3.96. The molecule has 35 heavy (non-hydrogen) atoms. The van der Waals surface area contributed by atoms with Gasteiger partial charge in [0.05, 0.1) is 5.69 Å². The van der Waals surface area contributed by atoms with Gasteiger partial charge < -0.3 is 10.2 Å². The van der Waals surface area contributed by atoms with Gasteiger partial charge in [-0.15, -0.1) is 0 Å². The molecule has 2 aromatic carbocycles. The van der Waals surface area contributed by atoms with Gasteiger partial charge in [-0.25, -0.2) is 4.98 Å². The molecule has 2 N–H and O–H groups in total. The van der Waals surface area contributed by atoms with E-state index in [1.54, 1.807) is 37.3 Å². The van der Waals surface area contributed by atoms with E-state index in [0.717, 1.165) is 38.3 Å². The summed E-state index contributed by atoms with van der Waals surface area (Å²) in [4.78, 5) is 34.2. The molecule has 1 fully saturated rings. The highest BCUT2D eigenvalue weighted by Gasteiger charge is 2.20. The minimum atomic E-state index is -0.544. The van der Waals surface area contributed by atoms with Crippen molar-refractivity contribution in [2.24, 2.45) is 0 Å². The topological polar surface area (TPSA) is 89.0 Å². The lowest BCUT2D eigenvalue weighted by atomic mass is 10.1. The number of benzene rings is 2. The number of pyridine rings is 1. The van der Waals surface area contributed by atoms with E-state index in [4.69, 9.17) is 11.6 Å². The van der Waals surface area contributed by atoms with Crippen molar-refractivity contribution >= 4 is 34.8 Å². The van der Waals surface area contributed by atoms with E-state index in [2.05, 4.69) is 27.1 Å². The van der Waals surface area contributed by atoms with Gasteiger partial charge in [-0.3, -0.25) is 19.7 Å². The predicted molar refractivity (Wildman–Crippen MR) is 136 cm³/mol. The van der Waals surface area contributed by atoms with Crippen molar-refractivity contribution in [3.8, 4) is 0 Å². The number of amides is 2. The highest BCUT2D eigenvalue weighted by molar-refractivity contribution is 6.29. The molecule has 0 atom stereocenters. The molecule has 3 aromatic rings. The second-order valence-electron chi connectivity index (χ2n) is 8.72. The first-order valence-corrected chi connectivity index (χ1v) is 11.7. The van der Waals surface area contributed by atoms with Crippen molar-refractivity contribution in [2.75, 3.05) is 43.6 Å². The zero-order chi connectivity index (χ0) is 24.9. The SMILES string of the molecule is Cc1ccc(NC(=O)c2ccnc(Cl)c2)cc1N(O)C(=O)c1cccc(CN2CCN(C)CC2)c1. The summed E-state index contributed by atoms with van der Waals surface area (Å²) in [7, 11) is 2.11. The van der Waals surface area contributed by atoms with E-state index in [1.165, 1.54) is 12.3 Å². The molecule has 2 heterocycles. The molecule has 8 nitrogen and oxygen atoms in total. The van der Waals surface area contributed by atoms with Crippen LogP contribution in [0.2, 0.25) is 5.15 Å². The second-order valence-corrected chi connectivity index (χ2v) is 9.11. The van der Waals surface area contributed by atoms with Crippen LogP contribution in [0.15, 0.2) is 60.8 Å². The number of nitrogens with zero attached hydrogens (tertiary/aromatic N) is 4. The van der Waals surface area contributed by atoms with Crippen molar-refractivity contribution < 1.29 is 14.8 Å². The van der Waals surface area contributed by atoms with Crippen LogP contribution in [0.1, 0.15) is 31.8 Å². The molecule has 0 aliphatic carbocycles. The van der Waals surface area contributed by atoms with Crippen LogP contribution in [-0.4, -0.2) is 65.0 Å². The Morgan fingerprint density at radius 3 is 2.57 bits per heavy atom. The molecule has 4 rings (SSSR count). The van der Waals surface area contributed by atoms with E-state index < -0.39 is 5.91 Å². The molecule has 1 saturated heterocycles. The van der Waals surface area contributed by atoms with Crippen LogP contribution in [0.3, 0.4) is 0 Å². The Balaban J connectivity index is 1.48. The summed E-state index contributed by atoms with van der Waals surface area (Å²) in [6.07, 6.45) is 1.45. The smallest absolute Gasteiger partial charge is 0.282 e. The standard InChI is InChI=1S/C26H28ClN5O3/c1-18-6-7-22(29-25(33)20-8-9-28-24(27)15-20)16-23(18)32(35)26(34)21-5-3-4-19(14-21)17-31-12-10-30(2)11-13-31/h3-9,14-16,35H,10-13,17H2,1-2H3,(H,29,33). The normalized spacial score (nSPS) is 14.5. The molecule has 9 heteroatoms. The van der Waals surface area contributed by atoms with Crippen molar-refractivity contribution in [3.63, 3.8) is 0 Å². The molecule has 0 bridgehead atoms. The quantitative estimate of drug-likeness (QED) is 0.305. The van der Waals surface area contributed by atoms with E-state index in [0.29, 0.717) is 27.4 Å². The number of hydroxylamine groups is 1. The van der Waals surface area contributed by atoms with E-state index in [-0.39, 0.29) is 16.7 Å². The molecular weight excluding hydrogens is 466 g/mol. The van der Waals surface area contributed by atoms with Crippen LogP contribution >= 0.6 is 11.6 Å². The maximum absolute atomic E-state index is 13.1. The number of hydrogen-bond acceptors (Lipinski definition) is 6. The Kier molecular flexibility index (Phi) is 7.77. The Hall–Kier alpha value is -3.30. The number of likely N-dealkylation sites (N-methyl/N-ethyl adjacent to an activating group) is 1. The first-order chi connectivity index (χ1) is 16.8. The minimum Gasteiger partial charge on any atom is -0.322 e. The monoisotopic (exact) mass is 493 g/mol. The van der Waals surface area contributed by atoms with Gasteiger partial charge in [0.15, 0.2) is 0 Å². The molecule has 0 spiro atoms. The predicted octanol–water partition coefficient (Wildman–Crippen LogP) is 4.08. The summed E-state index contributed by atoms with van der Waals surface area (Å²) in [5.74, 6) is -0.922. The highest BCUT2D eigenvalue weighted by atomic mass is 35.5. The Morgan fingerprint density at radius 2 is 1.83 bits per heavy atom. The summed E-state index contributed by atoms with van der Waals surface area (Å²) in [5.41, 5.74) is 3.15. The average Bonchev–Trinajstić information content (AvgIpc) is 2.86. The van der Waals surface area contributed by atoms with Crippen molar-refractivity contribution in [1.29, 1.82) is 0 Å². The third kappa shape index (κ3) is 6.23. The number of aryl methyl sites for hydroxylation is 1. The molecule has 182 valence electrons. The zero-order valence-corrected chi connectivity index (χ0v) is 20.5. The third-order valence-electron chi connectivity index (χ3n) is 6.05. The maximum atomic E-state index is 13.1. The fraction of sp³-hybridized carbons (Fsp3) is 0.269. The van der Waals surface area contributed by atoms with Gasteiger partial charge in [0, 0.05) is 55.7 Å². The van der Waals surface area contributed by atoms with Gasteiger partial charge in [-0.05, 0) is 61.5 Å². The number of piperazine rings is 1. The molecule has 1 aliphatic rings. The molecule has 0 unspecified atom stereocenters. The van der Waals surface area contributed by atoms with E-state index >= 15 is 0 Å². The minimum absolute atomic E-state index is 0.212. The van der Waals surface area contributed by atoms with Gasteiger partial charge in [-0.2, -0.15) is 5.06 Å². The summed E-state index contributed by atoms with van der Waals surface area (Å²) < 4.78 is 0. The number of rotatable bonds is 6. The summed E-state index contributed by atoms with van der Waals surface area (Å²) in [5, 5.41) is 14.4. The highest BCUT2D eigenvalue weighted by Crippen LogP contribution is 2.26. The zero-order valence-electron chi connectivity index (χ0n) is 19.7. The molecule has 0 saturated carbocycles. The Morgan fingerprint density at radius 1 is 1.06 bits per heavy atom. The number of anilines is 2. The summed E-state index contributed by atoms with van der Waals surface area (Å²) in [6, 6.07) is 15.3. The molecule has 1 aromatic heterocycles. The van der Waals surface area contributed by atoms with Gasteiger partial charge in [0.1, 0.15) is 5.15 Å². The lowest BCUT2D eigenvalue weighted by Gasteiger charge is -2.32. The van der Waals surface area contributed by atoms with Crippen LogP contribution in [0, 0.1) is 6.92 Å². The number of carbonyl (C=O) groups is 2. The number of carbonyl (C=O) groups excluding carboxylic acids is 2. The van der Waals surface area contributed by atoms with Crippen LogP contribution in [0.4, 0.5) is 11.4 Å². The maximum Gasteiger partial charge on any atom is 0.282 e. The Bertz CT molecular complexity index is 1230. The van der Waals surface area contributed by atoms with Gasteiger partial charge in [0.2, 0.25) is 0 Å². The van der Waals surface area contributed by atoms with Crippen LogP contribution in [-0.2, 0) is 6.54 Å². The number of hydrogen-bond donors (Lipinski definition) is 2. The van der Waals surface area contributed by atoms with E-state index in [1.807, 2.05) is 18.2 Å². The number of nitrogens with one attached hydrogen (secondary N) is 1. The van der Waals surface area contributed by atoms with Crippen molar-refractivity contribution in [3.05, 3.63) is 88.2 Å². The second kappa shape index (κ2) is 11.0. The third-order valence-corrected chi connectivity index (χ3v) is 6.26.